The van der Waals surface area contributed by atoms with E-state index >= 15 is 0 Å². The SMILES string of the molecule is OCCC(Cl)(Cl)Cl.OCCC(Cl)(Cl)Cl.OCCC(Cl)(Cl)Cl.OCCC(Cl)(Cl)Cl.[SiH4]. The molecule has 4 N–H and O–H groups in total. The minimum atomic E-state index is -1.28. The maximum absolute atomic E-state index is 8.15. The van der Waals surface area contributed by atoms with Gasteiger partial charge in [-0.3, -0.25) is 0 Å². The first-order chi connectivity index (χ1) is 12.2. The van der Waals surface area contributed by atoms with Crippen LogP contribution in [0.3, 0.4) is 0 Å². The van der Waals surface area contributed by atoms with Crippen LogP contribution in [0.25, 0.3) is 0 Å². The van der Waals surface area contributed by atoms with Crippen molar-refractivity contribution in [3.8, 4) is 0 Å². The van der Waals surface area contributed by atoms with Crippen LogP contribution < -0.4 is 0 Å². The van der Waals surface area contributed by atoms with Crippen molar-refractivity contribution in [2.24, 2.45) is 0 Å². The quantitative estimate of drug-likeness (QED) is 0.233. The molecule has 0 aliphatic carbocycles. The Morgan fingerprint density at radius 1 is 0.345 bits per heavy atom. The summed E-state index contributed by atoms with van der Waals surface area (Å²) >= 11 is 62.4. The fourth-order valence-corrected chi connectivity index (χ4v) is 1.52. The zero-order valence-corrected chi connectivity index (χ0v) is 23.1. The van der Waals surface area contributed by atoms with Crippen LogP contribution in [0.5, 0.6) is 0 Å². The van der Waals surface area contributed by atoms with Gasteiger partial charge in [-0.05, 0) is 11.0 Å². The maximum atomic E-state index is 8.15. The van der Waals surface area contributed by atoms with Crippen LogP contribution in [-0.4, -0.2) is 73.0 Å². The Labute approximate surface area is 235 Å². The first-order valence-corrected chi connectivity index (χ1v) is 11.5. The first kappa shape index (κ1) is 42.7. The largest absolute Gasteiger partial charge is 0.396 e. The molecule has 0 saturated carbocycles. The third-order valence-electron chi connectivity index (χ3n) is 1.58. The van der Waals surface area contributed by atoms with Gasteiger partial charge in [0.1, 0.15) is 0 Å². The Kier molecular flexibility index (Phi) is 34.3. The molecule has 0 spiro atoms. The fourth-order valence-electron chi connectivity index (χ4n) is 0.507. The second-order valence-corrected chi connectivity index (χ2v) is 14.4. The van der Waals surface area contributed by atoms with Gasteiger partial charge in [-0.1, -0.05) is 139 Å². The molecule has 0 unspecified atom stereocenters. The van der Waals surface area contributed by atoms with E-state index in [1.165, 1.54) is 0 Å². The van der Waals surface area contributed by atoms with Gasteiger partial charge in [-0.2, -0.15) is 0 Å². The average molecular weight is 686 g/mol. The zero-order valence-electron chi connectivity index (χ0n) is 14.0. The summed E-state index contributed by atoms with van der Waals surface area (Å²) < 4.78 is -5.13. The Hall–Kier alpha value is 3.54. The van der Waals surface area contributed by atoms with Gasteiger partial charge in [0.25, 0.3) is 0 Å². The van der Waals surface area contributed by atoms with Crippen LogP contribution >= 0.6 is 139 Å². The maximum Gasteiger partial charge on any atom is 0.192 e. The van der Waals surface area contributed by atoms with E-state index in [1.54, 1.807) is 0 Å². The molecular formula is C12H24Cl12O4Si. The summed E-state index contributed by atoms with van der Waals surface area (Å²) in [6.45, 7) is -0.347. The van der Waals surface area contributed by atoms with Crippen LogP contribution in [-0.2, 0) is 0 Å². The minimum Gasteiger partial charge on any atom is -0.396 e. The van der Waals surface area contributed by atoms with Crippen LogP contribution in [0.15, 0.2) is 0 Å². The molecule has 0 amide bonds. The second kappa shape index (κ2) is 23.3. The van der Waals surface area contributed by atoms with Gasteiger partial charge >= 0.3 is 0 Å². The summed E-state index contributed by atoms with van der Waals surface area (Å²) in [5.74, 6) is 0. The summed E-state index contributed by atoms with van der Waals surface area (Å²) in [6.07, 6.45) is 0.769. The fraction of sp³-hybridized carbons (Fsp3) is 1.00. The van der Waals surface area contributed by atoms with Gasteiger partial charge in [0.05, 0.1) is 0 Å². The number of aliphatic hydroxyl groups excluding tert-OH is 4. The normalized spacial score (nSPS) is 11.6. The molecule has 0 radical (unpaired) electrons. The van der Waals surface area contributed by atoms with Gasteiger partial charge < -0.3 is 20.4 Å². The topological polar surface area (TPSA) is 80.9 Å². The van der Waals surface area contributed by atoms with Gasteiger partial charge in [-0.15, -0.1) is 0 Å². The van der Waals surface area contributed by atoms with Gasteiger partial charge in [0.15, 0.2) is 15.2 Å². The third kappa shape index (κ3) is 72.1. The van der Waals surface area contributed by atoms with Crippen molar-refractivity contribution in [1.82, 2.24) is 0 Å². The van der Waals surface area contributed by atoms with E-state index in [-0.39, 0.29) is 63.1 Å². The molecule has 0 saturated heterocycles. The van der Waals surface area contributed by atoms with Crippen molar-refractivity contribution in [2.75, 3.05) is 26.4 Å². The molecule has 0 aliphatic heterocycles. The summed E-state index contributed by atoms with van der Waals surface area (Å²) in [5, 5.41) is 32.6. The standard InChI is InChI=1S/4C3H5Cl3O.H4Si/c4*4-3(5,6)1-2-7;/h4*7H,1-2H2;1H4. The summed E-state index contributed by atoms with van der Waals surface area (Å²) in [6, 6.07) is 0. The summed E-state index contributed by atoms with van der Waals surface area (Å²) in [7, 11) is 0. The van der Waals surface area contributed by atoms with Crippen molar-refractivity contribution in [2.45, 2.75) is 40.9 Å². The van der Waals surface area contributed by atoms with Crippen LogP contribution in [0, 0.1) is 0 Å². The number of rotatable bonds is 4. The summed E-state index contributed by atoms with van der Waals surface area (Å²) in [5.41, 5.74) is 0. The van der Waals surface area contributed by atoms with E-state index in [4.69, 9.17) is 160 Å². The molecule has 0 aromatic heterocycles. The highest BCUT2D eigenvalue weighted by Gasteiger charge is 2.18. The second-order valence-electron chi connectivity index (χ2n) is 4.36. The van der Waals surface area contributed by atoms with E-state index in [2.05, 4.69) is 0 Å². The molecular weight excluding hydrogens is 662 g/mol. The molecule has 0 aliphatic rings. The van der Waals surface area contributed by atoms with Crippen LogP contribution in [0.2, 0.25) is 0 Å². The molecule has 184 valence electrons. The molecule has 4 nitrogen and oxygen atoms in total. The van der Waals surface area contributed by atoms with E-state index in [9.17, 15) is 0 Å². The van der Waals surface area contributed by atoms with Crippen molar-refractivity contribution in [3.63, 3.8) is 0 Å². The van der Waals surface area contributed by atoms with E-state index in [0.29, 0.717) is 0 Å². The van der Waals surface area contributed by atoms with Crippen LogP contribution in [0.4, 0.5) is 0 Å². The Bertz CT molecular complexity index is 265. The highest BCUT2D eigenvalue weighted by molar-refractivity contribution is 6.68. The average Bonchev–Trinajstić information content (AvgIpc) is 2.34. The Balaban J connectivity index is -0.0000000873. The third-order valence-corrected chi connectivity index (χ3v) is 3.85. The van der Waals surface area contributed by atoms with Crippen molar-refractivity contribution in [1.29, 1.82) is 0 Å². The van der Waals surface area contributed by atoms with E-state index in [1.807, 2.05) is 0 Å². The molecule has 0 fully saturated rings. The van der Waals surface area contributed by atoms with Gasteiger partial charge in [0.2, 0.25) is 0 Å². The minimum absolute atomic E-state index is 0. The smallest absolute Gasteiger partial charge is 0.192 e. The number of hydrogen-bond donors (Lipinski definition) is 4. The van der Waals surface area contributed by atoms with Gasteiger partial charge in [0, 0.05) is 52.1 Å². The number of aliphatic hydroxyl groups is 4. The lowest BCUT2D eigenvalue weighted by Crippen LogP contribution is -2.03. The zero-order chi connectivity index (χ0) is 23.7. The first-order valence-electron chi connectivity index (χ1n) is 6.95. The monoisotopic (exact) mass is 680 g/mol. The highest BCUT2D eigenvalue weighted by Crippen LogP contribution is 2.30. The van der Waals surface area contributed by atoms with E-state index < -0.39 is 15.2 Å². The Morgan fingerprint density at radius 2 is 0.448 bits per heavy atom. The predicted molar refractivity (Wildman–Crippen MR) is 139 cm³/mol. The molecule has 17 heteroatoms. The number of alkyl halides is 12. The summed E-state index contributed by atoms with van der Waals surface area (Å²) in [4.78, 5) is 0. The predicted octanol–water partition coefficient (Wildman–Crippen LogP) is 5.50. The number of halogens is 12. The van der Waals surface area contributed by atoms with Crippen LogP contribution in [0.1, 0.15) is 25.7 Å². The van der Waals surface area contributed by atoms with Crippen molar-refractivity contribution >= 4 is 150 Å². The molecule has 0 bridgehead atoms. The lowest BCUT2D eigenvalue weighted by Gasteiger charge is -2.05. The molecule has 0 aromatic rings. The lowest BCUT2D eigenvalue weighted by atomic mass is 10.5. The molecule has 29 heavy (non-hydrogen) atoms. The number of hydrogen-bond acceptors (Lipinski definition) is 4. The van der Waals surface area contributed by atoms with Crippen molar-refractivity contribution in [3.05, 3.63) is 0 Å². The Morgan fingerprint density at radius 3 is 0.448 bits per heavy atom. The lowest BCUT2D eigenvalue weighted by molar-refractivity contribution is 0.289. The highest BCUT2D eigenvalue weighted by atomic mass is 35.6. The molecule has 0 aromatic carbocycles. The van der Waals surface area contributed by atoms with E-state index in [0.717, 1.165) is 0 Å². The molecule has 0 atom stereocenters. The van der Waals surface area contributed by atoms with Gasteiger partial charge in [-0.25, -0.2) is 0 Å². The molecule has 0 heterocycles. The molecule has 0 rings (SSSR count). The van der Waals surface area contributed by atoms with Crippen molar-refractivity contribution < 1.29 is 20.4 Å².